The fraction of sp³-hybridized carbons (Fsp3) is 0.462. The van der Waals surface area contributed by atoms with Gasteiger partial charge in [-0.15, -0.1) is 0 Å². The molecule has 0 aliphatic heterocycles. The van der Waals surface area contributed by atoms with Gasteiger partial charge in [-0.2, -0.15) is 8.78 Å². The van der Waals surface area contributed by atoms with Crippen LogP contribution < -0.4 is 0 Å². The van der Waals surface area contributed by atoms with Gasteiger partial charge in [-0.1, -0.05) is 38.1 Å². The Kier molecular flexibility index (Phi) is 4.21. The molecule has 17 heavy (non-hydrogen) atoms. The summed E-state index contributed by atoms with van der Waals surface area (Å²) >= 11 is 0. The first-order valence-corrected chi connectivity index (χ1v) is 5.50. The van der Waals surface area contributed by atoms with Gasteiger partial charge in [-0.25, -0.2) is 4.79 Å². The molecule has 1 rings (SSSR count). The molecule has 0 unspecified atom stereocenters. The van der Waals surface area contributed by atoms with E-state index in [2.05, 4.69) is 13.8 Å². The maximum absolute atomic E-state index is 12.9. The van der Waals surface area contributed by atoms with E-state index in [9.17, 15) is 13.6 Å². The number of hydrogen-bond acceptors (Lipinski definition) is 1. The van der Waals surface area contributed by atoms with Crippen molar-refractivity contribution >= 4 is 5.97 Å². The van der Waals surface area contributed by atoms with E-state index >= 15 is 0 Å². The fourth-order valence-corrected chi connectivity index (χ4v) is 1.60. The third-order valence-corrected chi connectivity index (χ3v) is 2.41. The molecule has 0 saturated heterocycles. The normalized spacial score (nSPS) is 11.8. The van der Waals surface area contributed by atoms with Crippen LogP contribution >= 0.6 is 0 Å². The Labute approximate surface area is 99.3 Å². The summed E-state index contributed by atoms with van der Waals surface area (Å²) in [5, 5.41) is 8.33. The van der Waals surface area contributed by atoms with Crippen LogP contribution in [0.2, 0.25) is 0 Å². The molecule has 0 spiro atoms. The van der Waals surface area contributed by atoms with Gasteiger partial charge in [0.05, 0.1) is 0 Å². The van der Waals surface area contributed by atoms with Crippen molar-refractivity contribution in [1.29, 1.82) is 0 Å². The zero-order chi connectivity index (χ0) is 13.1. The van der Waals surface area contributed by atoms with Crippen molar-refractivity contribution in [2.24, 2.45) is 5.92 Å². The number of carbonyl (C=O) groups is 1. The zero-order valence-corrected chi connectivity index (χ0v) is 9.91. The van der Waals surface area contributed by atoms with Crippen LogP contribution in [0.25, 0.3) is 0 Å². The molecule has 4 heteroatoms. The molecular weight excluding hydrogens is 226 g/mol. The summed E-state index contributed by atoms with van der Waals surface area (Å²) in [6.45, 7) is 4.15. The van der Waals surface area contributed by atoms with Gasteiger partial charge in [-0.05, 0) is 23.5 Å². The fourth-order valence-electron chi connectivity index (χ4n) is 1.60. The maximum Gasteiger partial charge on any atom is 0.374 e. The average molecular weight is 242 g/mol. The van der Waals surface area contributed by atoms with Crippen LogP contribution in [-0.4, -0.2) is 17.0 Å². The molecule has 0 aromatic heterocycles. The Morgan fingerprint density at radius 1 is 1.24 bits per heavy atom. The molecule has 0 radical (unpaired) electrons. The van der Waals surface area contributed by atoms with E-state index in [0.29, 0.717) is 11.5 Å². The summed E-state index contributed by atoms with van der Waals surface area (Å²) in [7, 11) is 0. The predicted octanol–water partition coefficient (Wildman–Crippen LogP) is 3.15. The molecular formula is C13H16F2O2. The van der Waals surface area contributed by atoms with E-state index in [0.717, 1.165) is 12.0 Å². The minimum Gasteiger partial charge on any atom is -0.477 e. The third-order valence-electron chi connectivity index (χ3n) is 2.41. The maximum atomic E-state index is 12.9. The molecule has 1 aromatic rings. The number of hydrogen-bond donors (Lipinski definition) is 1. The largest absolute Gasteiger partial charge is 0.477 e. The van der Waals surface area contributed by atoms with E-state index in [1.165, 1.54) is 0 Å². The monoisotopic (exact) mass is 242 g/mol. The van der Waals surface area contributed by atoms with E-state index in [1.54, 1.807) is 24.3 Å². The molecule has 0 aliphatic carbocycles. The number of carboxylic acid groups (broad SMARTS) is 1. The molecule has 0 aliphatic rings. The van der Waals surface area contributed by atoms with Gasteiger partial charge >= 0.3 is 11.9 Å². The van der Waals surface area contributed by atoms with Crippen LogP contribution in [0.5, 0.6) is 0 Å². The summed E-state index contributed by atoms with van der Waals surface area (Å²) in [5.41, 5.74) is 1.41. The standard InChI is InChI=1S/C13H16F2O2/c1-9(2)7-10-3-5-11(6-4-10)8-13(14,15)12(16)17/h3-6,9H,7-8H2,1-2H3,(H,16,17). The van der Waals surface area contributed by atoms with Gasteiger partial charge in [-0.3, -0.25) is 0 Å². The van der Waals surface area contributed by atoms with Crippen LogP contribution in [0, 0.1) is 5.92 Å². The summed E-state index contributed by atoms with van der Waals surface area (Å²) < 4.78 is 25.9. The van der Waals surface area contributed by atoms with Crippen molar-refractivity contribution in [2.45, 2.75) is 32.6 Å². The second kappa shape index (κ2) is 5.25. The Morgan fingerprint density at radius 2 is 1.71 bits per heavy atom. The Balaban J connectivity index is 2.72. The van der Waals surface area contributed by atoms with Gasteiger partial charge in [0.2, 0.25) is 0 Å². The summed E-state index contributed by atoms with van der Waals surface area (Å²) in [6, 6.07) is 6.67. The van der Waals surface area contributed by atoms with Crippen molar-refractivity contribution < 1.29 is 18.7 Å². The highest BCUT2D eigenvalue weighted by Gasteiger charge is 2.38. The first-order valence-electron chi connectivity index (χ1n) is 5.50. The second-order valence-electron chi connectivity index (χ2n) is 4.60. The molecule has 0 amide bonds. The smallest absolute Gasteiger partial charge is 0.374 e. The Bertz CT molecular complexity index is 383. The lowest BCUT2D eigenvalue weighted by molar-refractivity contribution is -0.164. The quantitative estimate of drug-likeness (QED) is 0.861. The van der Waals surface area contributed by atoms with E-state index in [-0.39, 0.29) is 0 Å². The van der Waals surface area contributed by atoms with Crippen LogP contribution in [0.3, 0.4) is 0 Å². The molecule has 0 heterocycles. The molecule has 94 valence electrons. The summed E-state index contributed by atoms with van der Waals surface area (Å²) in [5.74, 6) is -5.27. The highest BCUT2D eigenvalue weighted by atomic mass is 19.3. The minimum absolute atomic E-state index is 0.338. The van der Waals surface area contributed by atoms with Gasteiger partial charge in [0.25, 0.3) is 0 Å². The Morgan fingerprint density at radius 3 is 2.12 bits per heavy atom. The molecule has 1 N–H and O–H groups in total. The number of rotatable bonds is 5. The lowest BCUT2D eigenvalue weighted by Crippen LogP contribution is -2.30. The van der Waals surface area contributed by atoms with E-state index < -0.39 is 18.3 Å². The van der Waals surface area contributed by atoms with Crippen LogP contribution in [0.4, 0.5) is 8.78 Å². The predicted molar refractivity (Wildman–Crippen MR) is 61.3 cm³/mol. The third kappa shape index (κ3) is 4.13. The van der Waals surface area contributed by atoms with Crippen molar-refractivity contribution in [2.75, 3.05) is 0 Å². The van der Waals surface area contributed by atoms with E-state index in [4.69, 9.17) is 5.11 Å². The average Bonchev–Trinajstić information content (AvgIpc) is 2.19. The highest BCUT2D eigenvalue weighted by Crippen LogP contribution is 2.21. The van der Waals surface area contributed by atoms with Gasteiger partial charge in [0.1, 0.15) is 0 Å². The number of carboxylic acids is 1. The first kappa shape index (κ1) is 13.6. The van der Waals surface area contributed by atoms with E-state index in [1.807, 2.05) is 0 Å². The van der Waals surface area contributed by atoms with Crippen molar-refractivity contribution in [3.63, 3.8) is 0 Å². The molecule has 0 saturated carbocycles. The van der Waals surface area contributed by atoms with Crippen LogP contribution in [-0.2, 0) is 17.6 Å². The molecule has 1 aromatic carbocycles. The molecule has 2 nitrogen and oxygen atoms in total. The Hall–Kier alpha value is -1.45. The molecule has 0 fully saturated rings. The number of aliphatic carboxylic acids is 1. The number of halogens is 2. The SMILES string of the molecule is CC(C)Cc1ccc(CC(F)(F)C(=O)O)cc1. The first-order chi connectivity index (χ1) is 7.81. The van der Waals surface area contributed by atoms with Gasteiger partial charge in [0.15, 0.2) is 0 Å². The van der Waals surface area contributed by atoms with Crippen LogP contribution in [0.1, 0.15) is 25.0 Å². The van der Waals surface area contributed by atoms with Gasteiger partial charge in [0, 0.05) is 6.42 Å². The van der Waals surface area contributed by atoms with Crippen molar-refractivity contribution in [1.82, 2.24) is 0 Å². The van der Waals surface area contributed by atoms with Gasteiger partial charge < -0.3 is 5.11 Å². The topological polar surface area (TPSA) is 37.3 Å². The summed E-state index contributed by atoms with van der Waals surface area (Å²) in [4.78, 5) is 10.3. The van der Waals surface area contributed by atoms with Crippen molar-refractivity contribution in [3.8, 4) is 0 Å². The minimum atomic E-state index is -3.69. The zero-order valence-electron chi connectivity index (χ0n) is 9.91. The highest BCUT2D eigenvalue weighted by molar-refractivity contribution is 5.75. The second-order valence-corrected chi connectivity index (χ2v) is 4.60. The van der Waals surface area contributed by atoms with Crippen LogP contribution in [0.15, 0.2) is 24.3 Å². The number of benzene rings is 1. The lowest BCUT2D eigenvalue weighted by Gasteiger charge is -2.11. The number of alkyl halides is 2. The molecule has 0 bridgehead atoms. The lowest BCUT2D eigenvalue weighted by atomic mass is 10.00. The summed E-state index contributed by atoms with van der Waals surface area (Å²) in [6.07, 6.45) is 0.125. The molecule has 0 atom stereocenters. The van der Waals surface area contributed by atoms with Crippen molar-refractivity contribution in [3.05, 3.63) is 35.4 Å².